The summed E-state index contributed by atoms with van der Waals surface area (Å²) in [7, 11) is -7.60. The predicted octanol–water partition coefficient (Wildman–Crippen LogP) is 4.80. The van der Waals surface area contributed by atoms with E-state index in [9.17, 15) is 9.13 Å². The molecule has 2 N–H and O–H groups in total. The zero-order valence-corrected chi connectivity index (χ0v) is 16.4. The van der Waals surface area contributed by atoms with Crippen molar-refractivity contribution < 1.29 is 27.2 Å². The Morgan fingerprint density at radius 2 is 1.12 bits per heavy atom. The van der Waals surface area contributed by atoms with E-state index in [0.717, 1.165) is 0 Å². The number of benzene rings is 1. The van der Waals surface area contributed by atoms with Gasteiger partial charge in [0.2, 0.25) is 0 Å². The summed E-state index contributed by atoms with van der Waals surface area (Å²) in [5, 5.41) is -1.18. The molecular weight excluding hydrogens is 352 g/mol. The Morgan fingerprint density at radius 1 is 0.792 bits per heavy atom. The molecule has 0 saturated heterocycles. The molecule has 7 nitrogen and oxygen atoms in total. The van der Waals surface area contributed by atoms with Crippen molar-refractivity contribution >= 4 is 20.9 Å². The van der Waals surface area contributed by atoms with Gasteiger partial charge in [0.1, 0.15) is 0 Å². The van der Waals surface area contributed by atoms with Crippen molar-refractivity contribution in [3.8, 4) is 0 Å². The molecule has 0 amide bonds. The first-order valence-electron chi connectivity index (χ1n) is 7.99. The van der Waals surface area contributed by atoms with Crippen molar-refractivity contribution in [3.05, 3.63) is 29.8 Å². The Kier molecular flexibility index (Phi) is 8.65. The molecule has 1 aromatic rings. The Labute approximate surface area is 143 Å². The van der Waals surface area contributed by atoms with Gasteiger partial charge in [0, 0.05) is 5.69 Å². The molecule has 0 spiro atoms. The maximum atomic E-state index is 13.4. The maximum absolute atomic E-state index is 13.4. The standard InChI is InChI=1S/C15H27NO6P2/c1-5-19-23(17,20-6-2)15(13-9-11-14(16)12-10-13)24(18,21-7-3)22-8-4/h9-12,15H,5-8,16H2,1-4H3. The van der Waals surface area contributed by atoms with Crippen molar-refractivity contribution in [1.29, 1.82) is 0 Å². The molecule has 0 fully saturated rings. The zero-order valence-electron chi connectivity index (χ0n) is 14.6. The Balaban J connectivity index is 3.51. The lowest BCUT2D eigenvalue weighted by Gasteiger charge is -2.31. The lowest BCUT2D eigenvalue weighted by Crippen LogP contribution is -2.12. The second kappa shape index (κ2) is 9.71. The zero-order chi connectivity index (χ0) is 18.2. The van der Waals surface area contributed by atoms with E-state index in [1.165, 1.54) is 0 Å². The Morgan fingerprint density at radius 3 is 1.42 bits per heavy atom. The van der Waals surface area contributed by atoms with E-state index in [-0.39, 0.29) is 26.4 Å². The third-order valence-corrected chi connectivity index (χ3v) is 9.03. The Hall–Kier alpha value is -0.680. The molecule has 0 aromatic heterocycles. The van der Waals surface area contributed by atoms with Crippen LogP contribution >= 0.6 is 15.2 Å². The monoisotopic (exact) mass is 379 g/mol. The van der Waals surface area contributed by atoms with Gasteiger partial charge in [-0.3, -0.25) is 9.13 Å². The van der Waals surface area contributed by atoms with Gasteiger partial charge < -0.3 is 23.8 Å². The van der Waals surface area contributed by atoms with Crippen LogP contribution in [-0.4, -0.2) is 26.4 Å². The molecule has 0 saturated carbocycles. The lowest BCUT2D eigenvalue weighted by molar-refractivity contribution is 0.195. The highest BCUT2D eigenvalue weighted by molar-refractivity contribution is 7.72. The summed E-state index contributed by atoms with van der Waals surface area (Å²) < 4.78 is 48.5. The van der Waals surface area contributed by atoms with E-state index in [4.69, 9.17) is 23.8 Å². The molecule has 0 aliphatic rings. The summed E-state index contributed by atoms with van der Waals surface area (Å²) in [6.07, 6.45) is 0. The molecule has 0 heterocycles. The molecule has 0 aliphatic carbocycles. The van der Waals surface area contributed by atoms with Crippen LogP contribution in [0.1, 0.15) is 38.7 Å². The first-order chi connectivity index (χ1) is 11.4. The molecular formula is C15H27NO6P2. The summed E-state index contributed by atoms with van der Waals surface area (Å²) >= 11 is 0. The van der Waals surface area contributed by atoms with E-state index in [2.05, 4.69) is 0 Å². The summed E-state index contributed by atoms with van der Waals surface area (Å²) in [5.41, 5.74) is 6.72. The lowest BCUT2D eigenvalue weighted by atomic mass is 10.2. The highest BCUT2D eigenvalue weighted by atomic mass is 31.2. The van der Waals surface area contributed by atoms with E-state index < -0.39 is 20.6 Å². The van der Waals surface area contributed by atoms with Crippen LogP contribution in [0.5, 0.6) is 0 Å². The van der Waals surface area contributed by atoms with Gasteiger partial charge in [0.15, 0.2) is 5.40 Å². The van der Waals surface area contributed by atoms with Crippen LogP contribution in [0.15, 0.2) is 24.3 Å². The fourth-order valence-electron chi connectivity index (χ4n) is 2.28. The average Bonchev–Trinajstić information content (AvgIpc) is 2.50. The third kappa shape index (κ3) is 5.16. The molecule has 24 heavy (non-hydrogen) atoms. The summed E-state index contributed by atoms with van der Waals surface area (Å²) in [6.45, 7) is 7.33. The molecule has 0 unspecified atom stereocenters. The number of anilines is 1. The van der Waals surface area contributed by atoms with Crippen LogP contribution in [0.4, 0.5) is 5.69 Å². The maximum Gasteiger partial charge on any atom is 0.350 e. The molecule has 138 valence electrons. The second-order valence-corrected chi connectivity index (χ2v) is 9.42. The molecule has 9 heteroatoms. The largest absolute Gasteiger partial charge is 0.399 e. The van der Waals surface area contributed by atoms with Gasteiger partial charge >= 0.3 is 15.2 Å². The number of rotatable bonds is 11. The fraction of sp³-hybridized carbons (Fsp3) is 0.600. The number of nitrogens with two attached hydrogens (primary N) is 1. The van der Waals surface area contributed by atoms with Gasteiger partial charge in [-0.15, -0.1) is 0 Å². The van der Waals surface area contributed by atoms with Gasteiger partial charge in [-0.05, 0) is 45.4 Å². The third-order valence-electron chi connectivity index (χ3n) is 3.07. The molecule has 0 aliphatic heterocycles. The smallest absolute Gasteiger partial charge is 0.350 e. The van der Waals surface area contributed by atoms with Crippen LogP contribution in [0.2, 0.25) is 0 Å². The van der Waals surface area contributed by atoms with Gasteiger partial charge in [0.05, 0.1) is 26.4 Å². The number of hydrogen-bond acceptors (Lipinski definition) is 7. The van der Waals surface area contributed by atoms with Crippen LogP contribution < -0.4 is 5.73 Å². The average molecular weight is 379 g/mol. The number of nitrogen functional groups attached to an aromatic ring is 1. The van der Waals surface area contributed by atoms with Gasteiger partial charge in [-0.25, -0.2) is 0 Å². The molecule has 1 aromatic carbocycles. The second-order valence-electron chi connectivity index (χ2n) is 4.79. The van der Waals surface area contributed by atoms with Crippen LogP contribution in [0.3, 0.4) is 0 Å². The SMILES string of the molecule is CCOP(=O)(OCC)C(c1ccc(N)cc1)P(=O)(OCC)OCC. The summed E-state index contributed by atoms with van der Waals surface area (Å²) in [5.74, 6) is 0. The first kappa shape index (κ1) is 21.4. The van der Waals surface area contributed by atoms with Crippen molar-refractivity contribution in [1.82, 2.24) is 0 Å². The molecule has 0 atom stereocenters. The minimum atomic E-state index is -3.80. The highest BCUT2D eigenvalue weighted by Gasteiger charge is 2.51. The molecule has 0 bridgehead atoms. The minimum Gasteiger partial charge on any atom is -0.399 e. The van der Waals surface area contributed by atoms with Crippen molar-refractivity contribution in [2.75, 3.05) is 32.2 Å². The van der Waals surface area contributed by atoms with E-state index >= 15 is 0 Å². The molecule has 0 radical (unpaired) electrons. The first-order valence-corrected chi connectivity index (χ1v) is 11.2. The summed E-state index contributed by atoms with van der Waals surface area (Å²) in [4.78, 5) is 0. The fourth-order valence-corrected chi connectivity index (χ4v) is 7.70. The quantitative estimate of drug-likeness (QED) is 0.436. The summed E-state index contributed by atoms with van der Waals surface area (Å²) in [6, 6.07) is 6.53. The normalized spacial score (nSPS) is 12.7. The predicted molar refractivity (Wildman–Crippen MR) is 95.3 cm³/mol. The van der Waals surface area contributed by atoms with E-state index in [1.54, 1.807) is 52.0 Å². The van der Waals surface area contributed by atoms with Crippen LogP contribution in [0, 0.1) is 0 Å². The topological polar surface area (TPSA) is 97.1 Å². The number of hydrogen-bond donors (Lipinski definition) is 1. The molecule has 1 rings (SSSR count). The van der Waals surface area contributed by atoms with Crippen LogP contribution in [-0.2, 0) is 27.2 Å². The van der Waals surface area contributed by atoms with E-state index in [0.29, 0.717) is 11.3 Å². The van der Waals surface area contributed by atoms with Gasteiger partial charge in [0.25, 0.3) is 0 Å². The van der Waals surface area contributed by atoms with Crippen molar-refractivity contribution in [2.45, 2.75) is 33.1 Å². The minimum absolute atomic E-state index is 0.140. The van der Waals surface area contributed by atoms with Crippen LogP contribution in [0.25, 0.3) is 0 Å². The Bertz CT molecular complexity index is 542. The van der Waals surface area contributed by atoms with E-state index in [1.807, 2.05) is 0 Å². The highest BCUT2D eigenvalue weighted by Crippen LogP contribution is 2.78. The van der Waals surface area contributed by atoms with Crippen molar-refractivity contribution in [3.63, 3.8) is 0 Å². The van der Waals surface area contributed by atoms with Crippen molar-refractivity contribution in [2.24, 2.45) is 0 Å². The van der Waals surface area contributed by atoms with Gasteiger partial charge in [-0.2, -0.15) is 0 Å². The van der Waals surface area contributed by atoms with Gasteiger partial charge in [-0.1, -0.05) is 12.1 Å².